The Morgan fingerprint density at radius 1 is 1.53 bits per heavy atom. The third kappa shape index (κ3) is 6.14. The summed E-state index contributed by atoms with van der Waals surface area (Å²) in [4.78, 5) is 11.6. The lowest BCUT2D eigenvalue weighted by molar-refractivity contribution is 0.0766. The van der Waals surface area contributed by atoms with E-state index in [0.717, 1.165) is 12.8 Å². The minimum absolute atomic E-state index is 0.189. The molecule has 1 fully saturated rings. The molecule has 0 spiro atoms. The van der Waals surface area contributed by atoms with Gasteiger partial charge in [0.2, 0.25) is 0 Å². The van der Waals surface area contributed by atoms with E-state index in [-0.39, 0.29) is 18.6 Å². The zero-order chi connectivity index (χ0) is 12.7. The Balaban J connectivity index is 2.20. The molecule has 0 radical (unpaired) electrons. The fourth-order valence-electron chi connectivity index (χ4n) is 1.71. The summed E-state index contributed by atoms with van der Waals surface area (Å²) in [5.74, 6) is 0.602. The molecule has 0 aromatic heterocycles. The van der Waals surface area contributed by atoms with Gasteiger partial charge in [-0.2, -0.15) is 11.8 Å². The number of urea groups is 1. The van der Waals surface area contributed by atoms with Gasteiger partial charge < -0.3 is 20.5 Å². The molecule has 1 rings (SSSR count). The van der Waals surface area contributed by atoms with Crippen LogP contribution in [0.3, 0.4) is 0 Å². The largest absolute Gasteiger partial charge is 0.387 e. The minimum atomic E-state index is -0.855. The Morgan fingerprint density at radius 3 is 2.76 bits per heavy atom. The molecule has 5 nitrogen and oxygen atoms in total. The fraction of sp³-hybridized carbons (Fsp3) is 0.909. The summed E-state index contributed by atoms with van der Waals surface area (Å²) in [7, 11) is 0. The molecule has 0 bridgehead atoms. The van der Waals surface area contributed by atoms with Crippen LogP contribution in [-0.4, -0.2) is 54.5 Å². The van der Waals surface area contributed by atoms with Crippen molar-refractivity contribution in [2.75, 3.05) is 31.8 Å². The summed E-state index contributed by atoms with van der Waals surface area (Å²) in [6, 6.07) is -0.0208. The van der Waals surface area contributed by atoms with Crippen molar-refractivity contribution in [3.63, 3.8) is 0 Å². The van der Waals surface area contributed by atoms with E-state index in [9.17, 15) is 9.90 Å². The maximum atomic E-state index is 11.6. The summed E-state index contributed by atoms with van der Waals surface area (Å²) in [5, 5.41) is 15.5. The molecule has 1 atom stereocenters. The number of rotatable bonds is 5. The van der Waals surface area contributed by atoms with Gasteiger partial charge >= 0.3 is 6.03 Å². The lowest BCUT2D eigenvalue weighted by atomic mass is 10.1. The first-order valence-electron chi connectivity index (χ1n) is 5.87. The topological polar surface area (TPSA) is 70.6 Å². The van der Waals surface area contributed by atoms with Gasteiger partial charge in [-0.25, -0.2) is 4.79 Å². The highest BCUT2D eigenvalue weighted by atomic mass is 32.2. The monoisotopic (exact) mass is 262 g/mol. The van der Waals surface area contributed by atoms with E-state index in [0.29, 0.717) is 19.0 Å². The smallest absolute Gasteiger partial charge is 0.315 e. The van der Waals surface area contributed by atoms with Crippen LogP contribution in [0.2, 0.25) is 0 Å². The van der Waals surface area contributed by atoms with Crippen LogP contribution in [0.5, 0.6) is 0 Å². The number of nitrogens with one attached hydrogen (secondary N) is 2. The second-order valence-electron chi connectivity index (χ2n) is 4.64. The van der Waals surface area contributed by atoms with Gasteiger partial charge in [0.1, 0.15) is 0 Å². The maximum Gasteiger partial charge on any atom is 0.315 e. The Morgan fingerprint density at radius 2 is 2.18 bits per heavy atom. The number of thioether (sulfide) groups is 1. The van der Waals surface area contributed by atoms with Crippen molar-refractivity contribution < 1.29 is 14.6 Å². The number of ether oxygens (including phenoxy) is 1. The highest BCUT2D eigenvalue weighted by Crippen LogP contribution is 2.09. The first-order valence-corrected chi connectivity index (χ1v) is 7.26. The average molecular weight is 262 g/mol. The number of aliphatic hydroxyl groups is 1. The summed E-state index contributed by atoms with van der Waals surface area (Å²) in [6.45, 7) is 3.39. The van der Waals surface area contributed by atoms with Gasteiger partial charge in [0.15, 0.2) is 0 Å². The average Bonchev–Trinajstić information content (AvgIpc) is 2.28. The third-order valence-electron chi connectivity index (χ3n) is 2.64. The molecule has 6 heteroatoms. The number of hydrogen-bond donors (Lipinski definition) is 3. The summed E-state index contributed by atoms with van der Waals surface area (Å²) < 4.78 is 5.21. The van der Waals surface area contributed by atoms with Crippen molar-refractivity contribution in [2.45, 2.75) is 31.4 Å². The van der Waals surface area contributed by atoms with Crippen LogP contribution in [0.25, 0.3) is 0 Å². The van der Waals surface area contributed by atoms with E-state index in [1.807, 2.05) is 6.26 Å². The van der Waals surface area contributed by atoms with Crippen LogP contribution >= 0.6 is 11.8 Å². The fourth-order valence-corrected chi connectivity index (χ4v) is 2.43. The highest BCUT2D eigenvalue weighted by molar-refractivity contribution is 7.98. The summed E-state index contributed by atoms with van der Waals surface area (Å²) >= 11 is 1.56. The van der Waals surface area contributed by atoms with Crippen molar-refractivity contribution >= 4 is 17.8 Å². The molecule has 3 N–H and O–H groups in total. The van der Waals surface area contributed by atoms with Gasteiger partial charge in [-0.1, -0.05) is 0 Å². The van der Waals surface area contributed by atoms with Crippen LogP contribution < -0.4 is 10.6 Å². The van der Waals surface area contributed by atoms with Crippen molar-refractivity contribution in [1.29, 1.82) is 0 Å². The molecule has 1 aliphatic rings. The van der Waals surface area contributed by atoms with E-state index < -0.39 is 5.60 Å². The number of carbonyl (C=O) groups is 1. The Kier molecular flexibility index (Phi) is 6.08. The molecule has 17 heavy (non-hydrogen) atoms. The Labute approximate surface area is 107 Å². The van der Waals surface area contributed by atoms with Gasteiger partial charge in [0.25, 0.3) is 0 Å². The van der Waals surface area contributed by atoms with Crippen molar-refractivity contribution in [1.82, 2.24) is 10.6 Å². The molecule has 0 aromatic carbocycles. The van der Waals surface area contributed by atoms with Crippen molar-refractivity contribution in [3.8, 4) is 0 Å². The van der Waals surface area contributed by atoms with E-state index in [1.165, 1.54) is 0 Å². The lowest BCUT2D eigenvalue weighted by Gasteiger charge is -2.26. The SMILES string of the molecule is CSC[C@](C)(O)CNC(=O)NC1CCOCC1. The quantitative estimate of drug-likeness (QED) is 0.678. The van der Waals surface area contributed by atoms with Crippen LogP contribution in [0.4, 0.5) is 4.79 Å². The van der Waals surface area contributed by atoms with Gasteiger partial charge in [-0.3, -0.25) is 0 Å². The van der Waals surface area contributed by atoms with Gasteiger partial charge in [-0.05, 0) is 26.0 Å². The molecule has 2 amide bonds. The Hall–Kier alpha value is -0.460. The lowest BCUT2D eigenvalue weighted by Crippen LogP contribution is -2.49. The first kappa shape index (κ1) is 14.6. The second-order valence-corrected chi connectivity index (χ2v) is 5.51. The molecule has 1 heterocycles. The third-order valence-corrected chi connectivity index (χ3v) is 3.55. The van der Waals surface area contributed by atoms with E-state index in [4.69, 9.17) is 4.74 Å². The standard InChI is InChI=1S/C11H22N2O3S/c1-11(15,8-17-2)7-12-10(14)13-9-3-5-16-6-4-9/h9,15H,3-8H2,1-2H3,(H2,12,13,14)/t11-/m1/s1. The van der Waals surface area contributed by atoms with Crippen LogP contribution in [0.15, 0.2) is 0 Å². The minimum Gasteiger partial charge on any atom is -0.387 e. The summed E-state index contributed by atoms with van der Waals surface area (Å²) in [5.41, 5.74) is -0.855. The van der Waals surface area contributed by atoms with E-state index in [1.54, 1.807) is 18.7 Å². The predicted octanol–water partition coefficient (Wildman–Crippen LogP) is 0.579. The molecular formula is C11H22N2O3S. The maximum absolute atomic E-state index is 11.6. The molecule has 100 valence electrons. The zero-order valence-corrected chi connectivity index (χ0v) is 11.3. The highest BCUT2D eigenvalue weighted by Gasteiger charge is 2.21. The van der Waals surface area contributed by atoms with Gasteiger partial charge in [-0.15, -0.1) is 0 Å². The molecule has 0 aliphatic carbocycles. The van der Waals surface area contributed by atoms with Crippen LogP contribution in [0, 0.1) is 0 Å². The second kappa shape index (κ2) is 7.08. The number of amides is 2. The van der Waals surface area contributed by atoms with E-state index >= 15 is 0 Å². The van der Waals surface area contributed by atoms with Crippen molar-refractivity contribution in [3.05, 3.63) is 0 Å². The van der Waals surface area contributed by atoms with Crippen molar-refractivity contribution in [2.24, 2.45) is 0 Å². The number of hydrogen-bond acceptors (Lipinski definition) is 4. The van der Waals surface area contributed by atoms with Crippen LogP contribution in [0.1, 0.15) is 19.8 Å². The summed E-state index contributed by atoms with van der Waals surface area (Å²) in [6.07, 6.45) is 3.64. The predicted molar refractivity (Wildman–Crippen MR) is 69.4 cm³/mol. The molecule has 0 unspecified atom stereocenters. The molecule has 0 aromatic rings. The Bertz CT molecular complexity index is 243. The van der Waals surface area contributed by atoms with E-state index in [2.05, 4.69) is 10.6 Å². The molecular weight excluding hydrogens is 240 g/mol. The zero-order valence-electron chi connectivity index (χ0n) is 10.5. The molecule has 0 saturated carbocycles. The van der Waals surface area contributed by atoms with Gasteiger partial charge in [0, 0.05) is 31.6 Å². The van der Waals surface area contributed by atoms with Gasteiger partial charge in [0.05, 0.1) is 5.60 Å². The normalized spacial score (nSPS) is 20.6. The molecule has 1 saturated heterocycles. The first-order chi connectivity index (χ1) is 8.03. The van der Waals surface area contributed by atoms with Crippen LogP contribution in [-0.2, 0) is 4.74 Å². The number of carbonyl (C=O) groups excluding carboxylic acids is 1. The molecule has 1 aliphatic heterocycles.